The van der Waals surface area contributed by atoms with Gasteiger partial charge in [-0.15, -0.1) is 11.8 Å². The molecule has 0 saturated heterocycles. The molecule has 4 nitrogen and oxygen atoms in total. The van der Waals surface area contributed by atoms with Gasteiger partial charge in [-0.05, 0) is 18.4 Å². The van der Waals surface area contributed by atoms with Crippen molar-refractivity contribution >= 4 is 23.5 Å². The van der Waals surface area contributed by atoms with Gasteiger partial charge in [0.05, 0.1) is 17.9 Å². The molecule has 1 aromatic carbocycles. The van der Waals surface area contributed by atoms with Crippen molar-refractivity contribution in [2.24, 2.45) is 5.92 Å². The molecule has 2 N–H and O–H groups in total. The molecule has 0 saturated carbocycles. The number of aliphatic hydroxyl groups is 1. The van der Waals surface area contributed by atoms with Crippen LogP contribution < -0.4 is 5.32 Å². The van der Waals surface area contributed by atoms with E-state index in [9.17, 15) is 14.7 Å². The van der Waals surface area contributed by atoms with Crippen LogP contribution in [0.4, 0.5) is 0 Å². The van der Waals surface area contributed by atoms with Crippen LogP contribution in [0.15, 0.2) is 30.3 Å². The fourth-order valence-corrected chi connectivity index (χ4v) is 2.79. The zero-order chi connectivity index (χ0) is 15.8. The van der Waals surface area contributed by atoms with Gasteiger partial charge < -0.3 is 10.4 Å². The van der Waals surface area contributed by atoms with Crippen molar-refractivity contribution in [3.05, 3.63) is 35.9 Å². The molecule has 116 valence electrons. The third kappa shape index (κ3) is 6.31. The molecule has 21 heavy (non-hydrogen) atoms. The van der Waals surface area contributed by atoms with E-state index in [1.165, 1.54) is 18.7 Å². The van der Waals surface area contributed by atoms with Gasteiger partial charge in [-0.1, -0.05) is 44.2 Å². The Morgan fingerprint density at radius 2 is 1.86 bits per heavy atom. The second-order valence-corrected chi connectivity index (χ2v) is 6.37. The summed E-state index contributed by atoms with van der Waals surface area (Å²) in [4.78, 5) is 23.2. The lowest BCUT2D eigenvalue weighted by atomic mass is 10.0. The summed E-state index contributed by atoms with van der Waals surface area (Å²) in [7, 11) is 0. The van der Waals surface area contributed by atoms with E-state index in [1.807, 2.05) is 44.2 Å². The molecular formula is C16H23NO3S. The summed E-state index contributed by atoms with van der Waals surface area (Å²) in [6.07, 6.45) is -0.585. The fourth-order valence-electron chi connectivity index (χ4n) is 1.99. The maximum atomic E-state index is 11.8. The Morgan fingerprint density at radius 3 is 2.38 bits per heavy atom. The normalized spacial score (nSPS) is 13.8. The second kappa shape index (κ2) is 8.85. The van der Waals surface area contributed by atoms with Crippen LogP contribution in [0.5, 0.6) is 0 Å². The van der Waals surface area contributed by atoms with Gasteiger partial charge in [0.15, 0.2) is 5.78 Å². The topological polar surface area (TPSA) is 66.4 Å². The molecule has 2 unspecified atom stereocenters. The molecule has 0 fully saturated rings. The molecule has 0 heterocycles. The highest BCUT2D eigenvalue weighted by molar-refractivity contribution is 7.99. The van der Waals surface area contributed by atoms with Crippen LogP contribution in [0.2, 0.25) is 0 Å². The summed E-state index contributed by atoms with van der Waals surface area (Å²) in [5, 5.41) is 12.7. The zero-order valence-electron chi connectivity index (χ0n) is 12.7. The van der Waals surface area contributed by atoms with E-state index in [-0.39, 0.29) is 23.4 Å². The quantitative estimate of drug-likeness (QED) is 0.772. The number of ketones is 1. The van der Waals surface area contributed by atoms with Gasteiger partial charge in [0.25, 0.3) is 0 Å². The molecule has 1 rings (SSSR count). The number of amides is 1. The van der Waals surface area contributed by atoms with Gasteiger partial charge in [-0.3, -0.25) is 9.59 Å². The number of nitrogens with one attached hydrogen (secondary N) is 1. The highest BCUT2D eigenvalue weighted by Gasteiger charge is 2.20. The highest BCUT2D eigenvalue weighted by Crippen LogP contribution is 2.17. The maximum absolute atomic E-state index is 11.8. The second-order valence-electron chi connectivity index (χ2n) is 5.34. The summed E-state index contributed by atoms with van der Waals surface area (Å²) >= 11 is 1.36. The van der Waals surface area contributed by atoms with Crippen LogP contribution >= 0.6 is 11.8 Å². The molecule has 1 amide bonds. The van der Waals surface area contributed by atoms with Crippen LogP contribution in [-0.2, 0) is 9.59 Å². The largest absolute Gasteiger partial charge is 0.388 e. The van der Waals surface area contributed by atoms with Gasteiger partial charge in [-0.2, -0.15) is 0 Å². The van der Waals surface area contributed by atoms with E-state index >= 15 is 0 Å². The molecule has 0 aliphatic rings. The van der Waals surface area contributed by atoms with E-state index in [4.69, 9.17) is 0 Å². The number of benzene rings is 1. The van der Waals surface area contributed by atoms with E-state index < -0.39 is 12.1 Å². The average molecular weight is 309 g/mol. The molecule has 5 heteroatoms. The van der Waals surface area contributed by atoms with Crippen molar-refractivity contribution in [1.29, 1.82) is 0 Å². The average Bonchev–Trinajstić information content (AvgIpc) is 2.45. The molecule has 1 aromatic rings. The van der Waals surface area contributed by atoms with E-state index in [2.05, 4.69) is 5.32 Å². The third-order valence-electron chi connectivity index (χ3n) is 3.11. The summed E-state index contributed by atoms with van der Waals surface area (Å²) in [6.45, 7) is 5.29. The first-order valence-electron chi connectivity index (χ1n) is 7.02. The standard InChI is InChI=1S/C16H23NO3S/c1-11(2)16(12(3)18)17-15(20)10-21-9-14(19)13-7-5-4-6-8-13/h4-8,11,14,16,19H,9-10H2,1-3H3,(H,17,20). The first-order chi connectivity index (χ1) is 9.91. The van der Waals surface area contributed by atoms with Gasteiger partial charge in [0.2, 0.25) is 5.91 Å². The minimum Gasteiger partial charge on any atom is -0.388 e. The molecule has 2 atom stereocenters. The fraction of sp³-hybridized carbons (Fsp3) is 0.500. The smallest absolute Gasteiger partial charge is 0.230 e. The monoisotopic (exact) mass is 309 g/mol. The summed E-state index contributed by atoms with van der Waals surface area (Å²) in [6, 6.07) is 8.92. The summed E-state index contributed by atoms with van der Waals surface area (Å²) < 4.78 is 0. The Labute approximate surface area is 130 Å². The molecule has 0 aliphatic carbocycles. The highest BCUT2D eigenvalue weighted by atomic mass is 32.2. The van der Waals surface area contributed by atoms with E-state index in [1.54, 1.807) is 0 Å². The summed E-state index contributed by atoms with van der Waals surface area (Å²) in [5.74, 6) is 0.553. The number of carbonyl (C=O) groups excluding carboxylic acids is 2. The van der Waals surface area contributed by atoms with Crippen molar-refractivity contribution in [3.8, 4) is 0 Å². The Bertz CT molecular complexity index is 462. The van der Waals surface area contributed by atoms with Gasteiger partial charge in [0.1, 0.15) is 0 Å². The number of hydrogen-bond acceptors (Lipinski definition) is 4. The number of Topliss-reactive ketones (excluding diaryl/α,β-unsaturated/α-hetero) is 1. The Balaban J connectivity index is 2.35. The molecular weight excluding hydrogens is 286 g/mol. The lowest BCUT2D eigenvalue weighted by molar-refractivity contribution is -0.126. The Hall–Kier alpha value is -1.33. The summed E-state index contributed by atoms with van der Waals surface area (Å²) in [5.41, 5.74) is 0.842. The van der Waals surface area contributed by atoms with Crippen LogP contribution in [-0.4, -0.2) is 34.3 Å². The number of aliphatic hydroxyl groups excluding tert-OH is 1. The van der Waals surface area contributed by atoms with E-state index in [0.29, 0.717) is 5.75 Å². The molecule has 0 spiro atoms. The lowest BCUT2D eigenvalue weighted by Gasteiger charge is -2.19. The maximum Gasteiger partial charge on any atom is 0.230 e. The lowest BCUT2D eigenvalue weighted by Crippen LogP contribution is -2.44. The molecule has 0 bridgehead atoms. The predicted molar refractivity (Wildman–Crippen MR) is 86.2 cm³/mol. The minimum atomic E-state index is -0.585. The minimum absolute atomic E-state index is 0.0346. The van der Waals surface area contributed by atoms with Crippen LogP contribution in [0.3, 0.4) is 0 Å². The number of hydrogen-bond donors (Lipinski definition) is 2. The third-order valence-corrected chi connectivity index (χ3v) is 4.13. The SMILES string of the molecule is CC(=O)C(NC(=O)CSCC(O)c1ccccc1)C(C)C. The molecule has 0 radical (unpaired) electrons. The first kappa shape index (κ1) is 17.7. The Kier molecular flexibility index (Phi) is 7.47. The van der Waals surface area contributed by atoms with Crippen molar-refractivity contribution < 1.29 is 14.7 Å². The first-order valence-corrected chi connectivity index (χ1v) is 8.18. The van der Waals surface area contributed by atoms with Crippen LogP contribution in [0, 0.1) is 5.92 Å². The van der Waals surface area contributed by atoms with E-state index in [0.717, 1.165) is 5.56 Å². The molecule has 0 aromatic heterocycles. The Morgan fingerprint density at radius 1 is 1.24 bits per heavy atom. The van der Waals surface area contributed by atoms with Gasteiger partial charge in [-0.25, -0.2) is 0 Å². The number of carbonyl (C=O) groups is 2. The van der Waals surface area contributed by atoms with Crippen molar-refractivity contribution in [2.75, 3.05) is 11.5 Å². The van der Waals surface area contributed by atoms with Crippen LogP contribution in [0.1, 0.15) is 32.4 Å². The van der Waals surface area contributed by atoms with Crippen molar-refractivity contribution in [1.82, 2.24) is 5.32 Å². The number of rotatable bonds is 8. The van der Waals surface area contributed by atoms with Gasteiger partial charge >= 0.3 is 0 Å². The predicted octanol–water partition coefficient (Wildman–Crippen LogP) is 2.18. The van der Waals surface area contributed by atoms with Crippen molar-refractivity contribution in [3.63, 3.8) is 0 Å². The molecule has 0 aliphatic heterocycles. The van der Waals surface area contributed by atoms with Gasteiger partial charge in [0, 0.05) is 5.75 Å². The number of thioether (sulfide) groups is 1. The van der Waals surface area contributed by atoms with Crippen LogP contribution in [0.25, 0.3) is 0 Å². The van der Waals surface area contributed by atoms with Crippen molar-refractivity contribution in [2.45, 2.75) is 32.9 Å². The zero-order valence-corrected chi connectivity index (χ0v) is 13.5.